The zero-order valence-corrected chi connectivity index (χ0v) is 20.3. The number of para-hydroxylation sites is 1. The smallest absolute Gasteiger partial charge is 0.273 e. The molecule has 0 bridgehead atoms. The third-order valence-corrected chi connectivity index (χ3v) is 6.58. The maximum Gasteiger partial charge on any atom is 0.273 e. The first-order valence-corrected chi connectivity index (χ1v) is 12.0. The van der Waals surface area contributed by atoms with Crippen molar-refractivity contribution in [1.29, 1.82) is 0 Å². The largest absolute Gasteiger partial charge is 0.496 e. The lowest BCUT2D eigenvalue weighted by molar-refractivity contribution is -0.120. The number of rotatable bonds is 6. The summed E-state index contributed by atoms with van der Waals surface area (Å²) in [5.74, 6) is -1.40. The summed E-state index contributed by atoms with van der Waals surface area (Å²) >= 11 is 0. The van der Waals surface area contributed by atoms with Gasteiger partial charge in [-0.05, 0) is 54.3 Å². The van der Waals surface area contributed by atoms with Crippen molar-refractivity contribution in [3.05, 3.63) is 94.5 Å². The molecule has 2 aliphatic heterocycles. The molecule has 37 heavy (non-hydrogen) atoms. The maximum atomic E-state index is 12.9. The number of imide groups is 1. The number of nitrogens with one attached hydrogen (secondary N) is 2. The van der Waals surface area contributed by atoms with E-state index in [0.29, 0.717) is 22.4 Å². The van der Waals surface area contributed by atoms with E-state index >= 15 is 0 Å². The van der Waals surface area contributed by atoms with Gasteiger partial charge in [-0.1, -0.05) is 36.4 Å². The molecule has 0 saturated carbocycles. The Morgan fingerprint density at radius 2 is 1.62 bits per heavy atom. The number of carbonyl (C=O) groups excluding carboxylic acids is 4. The van der Waals surface area contributed by atoms with Gasteiger partial charge in [-0.15, -0.1) is 0 Å². The highest BCUT2D eigenvalue weighted by Gasteiger charge is 2.35. The number of benzene rings is 3. The van der Waals surface area contributed by atoms with Gasteiger partial charge in [0.25, 0.3) is 23.6 Å². The second-order valence-corrected chi connectivity index (χ2v) is 8.93. The lowest BCUT2D eigenvalue weighted by Crippen LogP contribution is -2.47. The van der Waals surface area contributed by atoms with Crippen LogP contribution in [-0.4, -0.2) is 48.7 Å². The molecule has 0 atom stereocenters. The van der Waals surface area contributed by atoms with E-state index in [9.17, 15) is 19.2 Å². The lowest BCUT2D eigenvalue weighted by Gasteiger charge is -2.30. The van der Waals surface area contributed by atoms with Gasteiger partial charge in [-0.3, -0.25) is 34.9 Å². The fourth-order valence-electron chi connectivity index (χ4n) is 4.78. The van der Waals surface area contributed by atoms with Crippen LogP contribution in [0.3, 0.4) is 0 Å². The van der Waals surface area contributed by atoms with Gasteiger partial charge in [-0.25, -0.2) is 0 Å². The molecule has 5 rings (SSSR count). The number of hydrogen-bond acceptors (Lipinski definition) is 6. The zero-order chi connectivity index (χ0) is 25.9. The van der Waals surface area contributed by atoms with E-state index in [4.69, 9.17) is 4.74 Å². The van der Waals surface area contributed by atoms with E-state index in [0.717, 1.165) is 30.0 Å². The summed E-state index contributed by atoms with van der Waals surface area (Å²) in [5, 5.41) is 0. The normalized spacial score (nSPS) is 14.2. The SMILES string of the molecule is COc1ccc(CN2C(=O)c3ccccc3C2=O)cc1C(=O)NNC(=O)CN1CCCc2ccccc21. The molecule has 9 heteroatoms. The van der Waals surface area contributed by atoms with Crippen LogP contribution in [0.5, 0.6) is 5.75 Å². The molecule has 0 saturated heterocycles. The summed E-state index contributed by atoms with van der Waals surface area (Å²) in [4.78, 5) is 54.1. The number of hydrazine groups is 1. The van der Waals surface area contributed by atoms with Crippen LogP contribution >= 0.6 is 0 Å². The van der Waals surface area contributed by atoms with Gasteiger partial charge in [0.1, 0.15) is 5.75 Å². The van der Waals surface area contributed by atoms with Crippen molar-refractivity contribution in [3.63, 3.8) is 0 Å². The van der Waals surface area contributed by atoms with Crippen molar-refractivity contribution in [2.24, 2.45) is 0 Å². The molecule has 4 amide bonds. The van der Waals surface area contributed by atoms with Crippen LogP contribution in [0.25, 0.3) is 0 Å². The van der Waals surface area contributed by atoms with Crippen molar-refractivity contribution < 1.29 is 23.9 Å². The molecule has 9 nitrogen and oxygen atoms in total. The topological polar surface area (TPSA) is 108 Å². The van der Waals surface area contributed by atoms with E-state index in [1.165, 1.54) is 12.7 Å². The molecule has 0 unspecified atom stereocenters. The van der Waals surface area contributed by atoms with Crippen LogP contribution in [0.1, 0.15) is 48.6 Å². The Labute approximate surface area is 214 Å². The first kappa shape index (κ1) is 24.1. The van der Waals surface area contributed by atoms with Crippen molar-refractivity contribution >= 4 is 29.3 Å². The monoisotopic (exact) mass is 498 g/mol. The molecular formula is C28H26N4O5. The highest BCUT2D eigenvalue weighted by molar-refractivity contribution is 6.21. The minimum absolute atomic E-state index is 0.00263. The summed E-state index contributed by atoms with van der Waals surface area (Å²) in [6.45, 7) is 0.859. The number of aryl methyl sites for hydroxylation is 1. The number of methoxy groups -OCH3 is 1. The predicted molar refractivity (Wildman–Crippen MR) is 136 cm³/mol. The molecule has 0 aliphatic carbocycles. The molecule has 0 spiro atoms. The summed E-state index contributed by atoms with van der Waals surface area (Å²) in [6, 6.07) is 19.5. The second kappa shape index (κ2) is 10.1. The summed E-state index contributed by atoms with van der Waals surface area (Å²) in [5.41, 5.74) is 8.60. The Morgan fingerprint density at radius 3 is 2.35 bits per heavy atom. The predicted octanol–water partition coefficient (Wildman–Crippen LogP) is 2.71. The minimum atomic E-state index is -0.576. The Hall–Kier alpha value is -4.66. The number of anilines is 1. The summed E-state index contributed by atoms with van der Waals surface area (Å²) < 4.78 is 5.32. The van der Waals surface area contributed by atoms with Crippen LogP contribution < -0.4 is 20.5 Å². The van der Waals surface area contributed by atoms with Gasteiger partial charge in [-0.2, -0.15) is 0 Å². The van der Waals surface area contributed by atoms with Gasteiger partial charge in [0.15, 0.2) is 0 Å². The molecule has 2 heterocycles. The van der Waals surface area contributed by atoms with Crippen molar-refractivity contribution in [3.8, 4) is 5.75 Å². The fourth-order valence-corrected chi connectivity index (χ4v) is 4.78. The Kier molecular flexibility index (Phi) is 6.59. The van der Waals surface area contributed by atoms with E-state index in [-0.39, 0.29) is 36.4 Å². The Balaban J connectivity index is 1.25. The van der Waals surface area contributed by atoms with Crippen molar-refractivity contribution in [1.82, 2.24) is 15.8 Å². The first-order chi connectivity index (χ1) is 18.0. The molecule has 2 aliphatic rings. The average Bonchev–Trinajstić information content (AvgIpc) is 3.17. The fraction of sp³-hybridized carbons (Fsp3) is 0.214. The standard InChI is InChI=1S/C28H26N4O5/c1-37-24-13-12-18(16-32-27(35)20-9-3-4-10-21(20)28(32)36)15-22(24)26(34)30-29-25(33)17-31-14-6-8-19-7-2-5-11-23(19)31/h2-5,7,9-13,15H,6,8,14,16-17H2,1H3,(H,29,33)(H,30,34). The maximum absolute atomic E-state index is 12.9. The minimum Gasteiger partial charge on any atom is -0.496 e. The van der Waals surface area contributed by atoms with Crippen LogP contribution in [0.15, 0.2) is 66.7 Å². The van der Waals surface area contributed by atoms with Crippen LogP contribution in [0.4, 0.5) is 5.69 Å². The average molecular weight is 499 g/mol. The molecule has 3 aromatic carbocycles. The van der Waals surface area contributed by atoms with E-state index < -0.39 is 5.91 Å². The van der Waals surface area contributed by atoms with Crippen molar-refractivity contribution in [2.75, 3.05) is 25.1 Å². The van der Waals surface area contributed by atoms with Gasteiger partial charge < -0.3 is 9.64 Å². The molecule has 3 aromatic rings. The van der Waals surface area contributed by atoms with Crippen LogP contribution in [0.2, 0.25) is 0 Å². The van der Waals surface area contributed by atoms with Gasteiger partial charge in [0.05, 0.1) is 36.9 Å². The number of ether oxygens (including phenoxy) is 1. The quantitative estimate of drug-likeness (QED) is 0.400. The van der Waals surface area contributed by atoms with Crippen LogP contribution in [-0.2, 0) is 17.8 Å². The van der Waals surface area contributed by atoms with E-state index in [1.54, 1.807) is 42.5 Å². The lowest BCUT2D eigenvalue weighted by atomic mass is 10.0. The molecule has 0 aromatic heterocycles. The summed E-state index contributed by atoms with van der Waals surface area (Å²) in [7, 11) is 1.43. The number of hydrogen-bond donors (Lipinski definition) is 2. The molecular weight excluding hydrogens is 472 g/mol. The van der Waals surface area contributed by atoms with Gasteiger partial charge >= 0.3 is 0 Å². The van der Waals surface area contributed by atoms with Gasteiger partial charge in [0.2, 0.25) is 0 Å². The molecule has 2 N–H and O–H groups in total. The highest BCUT2D eigenvalue weighted by atomic mass is 16.5. The highest BCUT2D eigenvalue weighted by Crippen LogP contribution is 2.27. The molecule has 188 valence electrons. The molecule has 0 radical (unpaired) electrons. The Bertz CT molecular complexity index is 1370. The number of amides is 4. The third-order valence-electron chi connectivity index (χ3n) is 6.58. The van der Waals surface area contributed by atoms with Gasteiger partial charge in [0, 0.05) is 12.2 Å². The van der Waals surface area contributed by atoms with Crippen molar-refractivity contribution in [2.45, 2.75) is 19.4 Å². The molecule has 0 fully saturated rings. The summed E-state index contributed by atoms with van der Waals surface area (Å²) in [6.07, 6.45) is 1.93. The second-order valence-electron chi connectivity index (χ2n) is 8.93. The number of fused-ring (bicyclic) bond motifs is 2. The van der Waals surface area contributed by atoms with E-state index in [2.05, 4.69) is 16.9 Å². The number of nitrogens with zero attached hydrogens (tertiary/aromatic N) is 2. The first-order valence-electron chi connectivity index (χ1n) is 12.0. The zero-order valence-electron chi connectivity index (χ0n) is 20.3. The number of carbonyl (C=O) groups is 4. The van der Waals surface area contributed by atoms with E-state index in [1.807, 2.05) is 23.1 Å². The third kappa shape index (κ3) is 4.75. The van der Waals surface area contributed by atoms with Crippen LogP contribution in [0, 0.1) is 0 Å². The Morgan fingerprint density at radius 1 is 0.919 bits per heavy atom.